The van der Waals surface area contributed by atoms with Gasteiger partial charge in [-0.15, -0.1) is 0 Å². The van der Waals surface area contributed by atoms with Crippen molar-refractivity contribution in [3.8, 4) is 0 Å². The smallest absolute Gasteiger partial charge is 0.226 e. The molecule has 144 valence electrons. The first-order valence-electron chi connectivity index (χ1n) is 9.16. The van der Waals surface area contributed by atoms with Gasteiger partial charge in [-0.05, 0) is 50.5 Å². The van der Waals surface area contributed by atoms with E-state index in [1.165, 1.54) is 6.07 Å². The number of fused-ring (bicyclic) bond motifs is 1. The number of hydrogen-bond acceptors (Lipinski definition) is 4. The Hall–Kier alpha value is -1.89. The van der Waals surface area contributed by atoms with E-state index in [1.54, 1.807) is 17.0 Å². The predicted octanol–water partition coefficient (Wildman–Crippen LogP) is 2.45. The molecule has 2 rings (SSSR count). The van der Waals surface area contributed by atoms with Crippen LogP contribution in [0.1, 0.15) is 52.5 Å². The molecule has 2 unspecified atom stereocenters. The van der Waals surface area contributed by atoms with Crippen molar-refractivity contribution in [2.45, 2.75) is 70.4 Å². The number of nitrogens with one attached hydrogen (secondary N) is 1. The molecule has 1 aromatic rings. The highest BCUT2D eigenvalue weighted by Gasteiger charge is 2.31. The highest BCUT2D eigenvalue weighted by atomic mass is 32.2. The lowest BCUT2D eigenvalue weighted by Crippen LogP contribution is -2.35. The minimum Gasteiger partial charge on any atom is -0.354 e. The van der Waals surface area contributed by atoms with Crippen molar-refractivity contribution in [2.75, 3.05) is 10.7 Å². The van der Waals surface area contributed by atoms with E-state index in [9.17, 15) is 18.0 Å². The van der Waals surface area contributed by atoms with Crippen LogP contribution in [0.3, 0.4) is 0 Å². The second kappa shape index (κ2) is 8.20. The number of amides is 2. The Labute approximate surface area is 155 Å². The number of carbonyl (C=O) groups excluding carboxylic acids is 2. The molecule has 0 aliphatic carbocycles. The standard InChI is InChI=1S/C19H28N2O4S/c1-5-13(3)20-18(22)9-10-26(24,25)16-7-8-17-15(12-16)11-14(4)21(17)19(23)6-2/h7-8,12-14H,5-6,9-11H2,1-4H3,(H,20,22). The molecule has 1 aromatic carbocycles. The van der Waals surface area contributed by atoms with Crippen LogP contribution in [0.5, 0.6) is 0 Å². The van der Waals surface area contributed by atoms with Gasteiger partial charge in [0.2, 0.25) is 11.8 Å². The van der Waals surface area contributed by atoms with Gasteiger partial charge in [-0.25, -0.2) is 8.42 Å². The molecule has 1 aliphatic heterocycles. The monoisotopic (exact) mass is 380 g/mol. The van der Waals surface area contributed by atoms with Gasteiger partial charge in [0.05, 0.1) is 10.6 Å². The quantitative estimate of drug-likeness (QED) is 0.787. The van der Waals surface area contributed by atoms with Crippen molar-refractivity contribution in [3.63, 3.8) is 0 Å². The third-order valence-corrected chi connectivity index (χ3v) is 6.53. The Kier molecular flexibility index (Phi) is 6.44. The fourth-order valence-electron chi connectivity index (χ4n) is 3.15. The topological polar surface area (TPSA) is 83.6 Å². The van der Waals surface area contributed by atoms with Gasteiger partial charge in [0, 0.05) is 30.6 Å². The number of nitrogens with zero attached hydrogens (tertiary/aromatic N) is 1. The van der Waals surface area contributed by atoms with Crippen molar-refractivity contribution in [1.82, 2.24) is 5.32 Å². The van der Waals surface area contributed by atoms with Crippen LogP contribution in [0.4, 0.5) is 5.69 Å². The predicted molar refractivity (Wildman–Crippen MR) is 102 cm³/mol. The van der Waals surface area contributed by atoms with E-state index in [4.69, 9.17) is 0 Å². The molecule has 0 saturated carbocycles. The summed E-state index contributed by atoms with van der Waals surface area (Å²) in [5.41, 5.74) is 1.65. The molecule has 7 heteroatoms. The highest BCUT2D eigenvalue weighted by molar-refractivity contribution is 7.91. The van der Waals surface area contributed by atoms with Crippen molar-refractivity contribution in [2.24, 2.45) is 0 Å². The van der Waals surface area contributed by atoms with Gasteiger partial charge >= 0.3 is 0 Å². The lowest BCUT2D eigenvalue weighted by atomic mass is 10.1. The first kappa shape index (κ1) is 20.4. The molecule has 2 amide bonds. The fourth-order valence-corrected chi connectivity index (χ4v) is 4.43. The third kappa shape index (κ3) is 4.44. The van der Waals surface area contributed by atoms with Crippen LogP contribution in [-0.4, -0.2) is 38.1 Å². The zero-order chi connectivity index (χ0) is 19.5. The maximum absolute atomic E-state index is 12.6. The molecule has 0 radical (unpaired) electrons. The Morgan fingerprint density at radius 3 is 2.62 bits per heavy atom. The Bertz CT molecular complexity index is 789. The van der Waals surface area contributed by atoms with Crippen molar-refractivity contribution < 1.29 is 18.0 Å². The van der Waals surface area contributed by atoms with E-state index in [1.807, 2.05) is 27.7 Å². The van der Waals surface area contributed by atoms with Gasteiger partial charge in [-0.1, -0.05) is 13.8 Å². The maximum atomic E-state index is 12.6. The molecule has 26 heavy (non-hydrogen) atoms. The number of rotatable bonds is 7. The molecule has 1 N–H and O–H groups in total. The normalized spacial score (nSPS) is 17.7. The minimum absolute atomic E-state index is 0.0247. The molecule has 0 spiro atoms. The number of anilines is 1. The van der Waals surface area contributed by atoms with Crippen molar-refractivity contribution in [1.29, 1.82) is 0 Å². The lowest BCUT2D eigenvalue weighted by Gasteiger charge is -2.22. The molecular formula is C19H28N2O4S. The molecule has 0 bridgehead atoms. The second-order valence-corrected chi connectivity index (χ2v) is 9.02. The fraction of sp³-hybridized carbons (Fsp3) is 0.579. The van der Waals surface area contributed by atoms with Crippen molar-refractivity contribution >= 4 is 27.3 Å². The zero-order valence-electron chi connectivity index (χ0n) is 15.9. The van der Waals surface area contributed by atoms with Crippen LogP contribution in [0, 0.1) is 0 Å². The van der Waals surface area contributed by atoms with E-state index >= 15 is 0 Å². The van der Waals surface area contributed by atoms with Gasteiger partial charge in [0.1, 0.15) is 0 Å². The van der Waals surface area contributed by atoms with Gasteiger partial charge < -0.3 is 10.2 Å². The highest BCUT2D eigenvalue weighted by Crippen LogP contribution is 2.34. The Morgan fingerprint density at radius 1 is 1.31 bits per heavy atom. The van der Waals surface area contributed by atoms with Crippen LogP contribution in [0.2, 0.25) is 0 Å². The molecule has 6 nitrogen and oxygen atoms in total. The molecule has 1 heterocycles. The number of benzene rings is 1. The van der Waals surface area contributed by atoms with Crippen LogP contribution in [0.15, 0.2) is 23.1 Å². The first-order valence-corrected chi connectivity index (χ1v) is 10.8. The van der Waals surface area contributed by atoms with Crippen LogP contribution < -0.4 is 10.2 Å². The molecule has 1 aliphatic rings. The molecular weight excluding hydrogens is 352 g/mol. The van der Waals surface area contributed by atoms with Crippen LogP contribution in [-0.2, 0) is 25.8 Å². The summed E-state index contributed by atoms with van der Waals surface area (Å²) in [5.74, 6) is -0.438. The molecule has 0 aromatic heterocycles. The lowest BCUT2D eigenvalue weighted by molar-refractivity contribution is -0.121. The number of hydrogen-bond donors (Lipinski definition) is 1. The van der Waals surface area contributed by atoms with E-state index in [2.05, 4.69) is 5.32 Å². The van der Waals surface area contributed by atoms with E-state index < -0.39 is 9.84 Å². The average Bonchev–Trinajstić information content (AvgIpc) is 2.94. The van der Waals surface area contributed by atoms with E-state index in [0.717, 1.165) is 17.7 Å². The molecule has 0 fully saturated rings. The largest absolute Gasteiger partial charge is 0.354 e. The van der Waals surface area contributed by atoms with Crippen LogP contribution >= 0.6 is 0 Å². The van der Waals surface area contributed by atoms with Crippen LogP contribution in [0.25, 0.3) is 0 Å². The second-order valence-electron chi connectivity index (χ2n) is 6.91. The SMILES string of the molecule is CCC(=O)N1c2ccc(S(=O)(=O)CCC(=O)NC(C)CC)cc2CC1C. The first-order chi connectivity index (χ1) is 12.2. The summed E-state index contributed by atoms with van der Waals surface area (Å²) >= 11 is 0. The van der Waals surface area contributed by atoms with Gasteiger partial charge in [-0.2, -0.15) is 0 Å². The van der Waals surface area contributed by atoms with Gasteiger partial charge in [-0.3, -0.25) is 9.59 Å². The van der Waals surface area contributed by atoms with Gasteiger partial charge in [0.15, 0.2) is 9.84 Å². The summed E-state index contributed by atoms with van der Waals surface area (Å²) in [6.07, 6.45) is 1.79. The zero-order valence-corrected chi connectivity index (χ0v) is 16.7. The summed E-state index contributed by atoms with van der Waals surface area (Å²) < 4.78 is 25.2. The summed E-state index contributed by atoms with van der Waals surface area (Å²) in [4.78, 5) is 25.9. The van der Waals surface area contributed by atoms with E-state index in [0.29, 0.717) is 12.8 Å². The summed E-state index contributed by atoms with van der Waals surface area (Å²) in [5, 5.41) is 2.78. The van der Waals surface area contributed by atoms with Gasteiger partial charge in [0.25, 0.3) is 0 Å². The van der Waals surface area contributed by atoms with Crippen molar-refractivity contribution in [3.05, 3.63) is 23.8 Å². The summed E-state index contributed by atoms with van der Waals surface area (Å²) in [6, 6.07) is 4.95. The molecule has 2 atom stereocenters. The Balaban J connectivity index is 2.14. The molecule has 0 saturated heterocycles. The summed E-state index contributed by atoms with van der Waals surface area (Å²) in [7, 11) is -3.54. The summed E-state index contributed by atoms with van der Waals surface area (Å²) in [6.45, 7) is 7.62. The third-order valence-electron chi connectivity index (χ3n) is 4.81. The maximum Gasteiger partial charge on any atom is 0.226 e. The average molecular weight is 381 g/mol. The Morgan fingerprint density at radius 2 is 2.00 bits per heavy atom. The minimum atomic E-state index is -3.54. The van der Waals surface area contributed by atoms with E-state index in [-0.39, 0.29) is 41.0 Å². The number of carbonyl (C=O) groups is 2. The number of sulfone groups is 1.